The molecule has 1 aliphatic rings. The fraction of sp³-hybridized carbons (Fsp3) is 0.733. The van der Waals surface area contributed by atoms with Crippen LogP contribution in [0.4, 0.5) is 11.6 Å². The van der Waals surface area contributed by atoms with Gasteiger partial charge >= 0.3 is 0 Å². The van der Waals surface area contributed by atoms with E-state index in [0.29, 0.717) is 12.0 Å². The minimum absolute atomic E-state index is 0.472. The van der Waals surface area contributed by atoms with Crippen LogP contribution in [0.5, 0.6) is 0 Å². The van der Waals surface area contributed by atoms with E-state index in [4.69, 9.17) is 9.97 Å². The van der Waals surface area contributed by atoms with Crippen LogP contribution in [0.3, 0.4) is 0 Å². The van der Waals surface area contributed by atoms with Crippen molar-refractivity contribution in [3.05, 3.63) is 11.4 Å². The second-order valence-electron chi connectivity index (χ2n) is 5.41. The van der Waals surface area contributed by atoms with Crippen LogP contribution >= 0.6 is 11.8 Å². The molecule has 1 atom stereocenters. The second kappa shape index (κ2) is 7.16. The molecule has 1 aliphatic carbocycles. The van der Waals surface area contributed by atoms with Gasteiger partial charge in [-0.05, 0) is 39.4 Å². The first-order chi connectivity index (χ1) is 9.69. The Morgan fingerprint density at radius 1 is 1.25 bits per heavy atom. The monoisotopic (exact) mass is 294 g/mol. The van der Waals surface area contributed by atoms with E-state index in [2.05, 4.69) is 37.7 Å². The van der Waals surface area contributed by atoms with Crippen LogP contribution in [-0.4, -0.2) is 34.6 Å². The third-order valence-corrected chi connectivity index (χ3v) is 4.39. The van der Waals surface area contributed by atoms with E-state index in [1.807, 2.05) is 11.8 Å². The largest absolute Gasteiger partial charge is 0.370 e. The summed E-state index contributed by atoms with van der Waals surface area (Å²) in [7, 11) is 0. The number of nitrogens with zero attached hydrogens (tertiary/aromatic N) is 2. The Morgan fingerprint density at radius 2 is 1.95 bits per heavy atom. The van der Waals surface area contributed by atoms with Gasteiger partial charge in [0.2, 0.25) is 0 Å². The Kier molecular flexibility index (Phi) is 5.52. The van der Waals surface area contributed by atoms with Gasteiger partial charge in [-0.15, -0.1) is 0 Å². The zero-order valence-electron chi connectivity index (χ0n) is 13.0. The Bertz CT molecular complexity index is 446. The molecule has 0 aliphatic heterocycles. The van der Waals surface area contributed by atoms with Crippen molar-refractivity contribution in [1.82, 2.24) is 9.97 Å². The van der Waals surface area contributed by atoms with Gasteiger partial charge in [-0.2, -0.15) is 11.8 Å². The summed E-state index contributed by atoms with van der Waals surface area (Å²) in [6.07, 6.45) is 5.72. The number of hydrogen-bond acceptors (Lipinski definition) is 5. The summed E-state index contributed by atoms with van der Waals surface area (Å²) in [5, 5.41) is 6.97. The first kappa shape index (κ1) is 15.4. The highest BCUT2D eigenvalue weighted by Gasteiger charge is 2.28. The number of aromatic nitrogens is 2. The van der Waals surface area contributed by atoms with E-state index in [1.54, 1.807) is 0 Å². The van der Waals surface area contributed by atoms with Gasteiger partial charge in [0.05, 0.1) is 0 Å². The molecule has 0 spiro atoms. The lowest BCUT2D eigenvalue weighted by Crippen LogP contribution is -2.23. The molecule has 0 bridgehead atoms. The predicted octanol–water partition coefficient (Wildman–Crippen LogP) is 3.65. The maximum atomic E-state index is 4.78. The highest BCUT2D eigenvalue weighted by molar-refractivity contribution is 7.98. The molecule has 1 fully saturated rings. The van der Waals surface area contributed by atoms with Crippen molar-refractivity contribution in [1.29, 1.82) is 0 Å². The number of thioether (sulfide) groups is 1. The molecule has 1 unspecified atom stereocenters. The van der Waals surface area contributed by atoms with Crippen molar-refractivity contribution in [2.75, 3.05) is 29.2 Å². The normalized spacial score (nSPS) is 16.0. The molecule has 20 heavy (non-hydrogen) atoms. The smallest absolute Gasteiger partial charge is 0.136 e. The lowest BCUT2D eigenvalue weighted by Gasteiger charge is -2.20. The highest BCUT2D eigenvalue weighted by Crippen LogP contribution is 2.39. The van der Waals surface area contributed by atoms with Gasteiger partial charge in [-0.3, -0.25) is 0 Å². The molecule has 0 aromatic carbocycles. The summed E-state index contributed by atoms with van der Waals surface area (Å²) in [6.45, 7) is 7.32. The summed E-state index contributed by atoms with van der Waals surface area (Å²) in [6, 6.07) is 0.472. The van der Waals surface area contributed by atoms with E-state index < -0.39 is 0 Å². The molecule has 2 N–H and O–H groups in total. The lowest BCUT2D eigenvalue weighted by atomic mass is 10.2. The van der Waals surface area contributed by atoms with Crippen molar-refractivity contribution in [2.45, 2.75) is 52.0 Å². The molecule has 1 aromatic rings. The standard InChI is InChI=1S/C15H26N4S/c1-5-12(9-20-4)17-14-10(3)13(16-6-2)18-15(19-14)11-7-8-11/h11-12H,5-9H2,1-4H3,(H2,16,17,18,19). The summed E-state index contributed by atoms with van der Waals surface area (Å²) in [5.41, 5.74) is 1.14. The minimum atomic E-state index is 0.472. The van der Waals surface area contributed by atoms with Crippen LogP contribution in [0.25, 0.3) is 0 Å². The maximum absolute atomic E-state index is 4.78. The minimum Gasteiger partial charge on any atom is -0.370 e. The zero-order chi connectivity index (χ0) is 14.5. The fourth-order valence-corrected chi connectivity index (χ4v) is 2.92. The van der Waals surface area contributed by atoms with Gasteiger partial charge in [-0.25, -0.2) is 9.97 Å². The number of rotatable bonds is 8. The number of nitrogens with one attached hydrogen (secondary N) is 2. The van der Waals surface area contributed by atoms with Crippen LogP contribution < -0.4 is 10.6 Å². The quantitative estimate of drug-likeness (QED) is 0.766. The van der Waals surface area contributed by atoms with Crippen molar-refractivity contribution in [3.63, 3.8) is 0 Å². The molecule has 5 heteroatoms. The van der Waals surface area contributed by atoms with Crippen molar-refractivity contribution in [2.24, 2.45) is 0 Å². The van der Waals surface area contributed by atoms with Gasteiger partial charge in [0.25, 0.3) is 0 Å². The van der Waals surface area contributed by atoms with Gasteiger partial charge in [-0.1, -0.05) is 6.92 Å². The molecule has 1 aromatic heterocycles. The molecule has 1 heterocycles. The first-order valence-corrected chi connectivity index (χ1v) is 8.96. The number of anilines is 2. The Labute approximate surface area is 126 Å². The van der Waals surface area contributed by atoms with E-state index in [1.165, 1.54) is 12.8 Å². The first-order valence-electron chi connectivity index (χ1n) is 7.57. The molecule has 1 saturated carbocycles. The fourth-order valence-electron chi connectivity index (χ4n) is 2.19. The Morgan fingerprint density at radius 3 is 2.50 bits per heavy atom. The van der Waals surface area contributed by atoms with E-state index in [0.717, 1.165) is 41.7 Å². The molecule has 4 nitrogen and oxygen atoms in total. The average molecular weight is 294 g/mol. The molecule has 0 radical (unpaired) electrons. The topological polar surface area (TPSA) is 49.8 Å². The van der Waals surface area contributed by atoms with Crippen molar-refractivity contribution in [3.8, 4) is 0 Å². The lowest BCUT2D eigenvalue weighted by molar-refractivity contribution is 0.763. The third-order valence-electron chi connectivity index (χ3n) is 3.65. The van der Waals surface area contributed by atoms with E-state index >= 15 is 0 Å². The van der Waals surface area contributed by atoms with Gasteiger partial charge < -0.3 is 10.6 Å². The van der Waals surface area contributed by atoms with Gasteiger partial charge in [0.15, 0.2) is 0 Å². The van der Waals surface area contributed by atoms with E-state index in [-0.39, 0.29) is 0 Å². The molecule has 0 amide bonds. The molecule has 0 saturated heterocycles. The number of hydrogen-bond donors (Lipinski definition) is 2. The van der Waals surface area contributed by atoms with Crippen molar-refractivity contribution < 1.29 is 0 Å². The van der Waals surface area contributed by atoms with Gasteiger partial charge in [0, 0.05) is 29.8 Å². The summed E-state index contributed by atoms with van der Waals surface area (Å²) in [5.74, 6) is 4.70. The third kappa shape index (κ3) is 3.78. The van der Waals surface area contributed by atoms with Crippen LogP contribution in [0.2, 0.25) is 0 Å². The molecular formula is C15H26N4S. The second-order valence-corrected chi connectivity index (χ2v) is 6.32. The van der Waals surface area contributed by atoms with Crippen LogP contribution in [0.1, 0.15) is 50.4 Å². The summed E-state index contributed by atoms with van der Waals surface area (Å²) >= 11 is 1.88. The zero-order valence-corrected chi connectivity index (χ0v) is 13.8. The Hall–Kier alpha value is -0.970. The van der Waals surface area contributed by atoms with Crippen LogP contribution in [0, 0.1) is 6.92 Å². The summed E-state index contributed by atoms with van der Waals surface area (Å²) < 4.78 is 0. The highest BCUT2D eigenvalue weighted by atomic mass is 32.2. The maximum Gasteiger partial charge on any atom is 0.136 e. The van der Waals surface area contributed by atoms with Crippen molar-refractivity contribution >= 4 is 23.4 Å². The molecule has 112 valence electrons. The average Bonchev–Trinajstić information content (AvgIpc) is 3.27. The summed E-state index contributed by atoms with van der Waals surface area (Å²) in [4.78, 5) is 9.47. The molecular weight excluding hydrogens is 268 g/mol. The van der Waals surface area contributed by atoms with E-state index in [9.17, 15) is 0 Å². The predicted molar refractivity (Wildman–Crippen MR) is 89.0 cm³/mol. The molecule has 2 rings (SSSR count). The van der Waals surface area contributed by atoms with Gasteiger partial charge in [0.1, 0.15) is 17.5 Å². The Balaban J connectivity index is 2.24. The van der Waals surface area contributed by atoms with Crippen LogP contribution in [0.15, 0.2) is 0 Å². The SMILES string of the molecule is CCNc1nc(C2CC2)nc(NC(CC)CSC)c1C. The van der Waals surface area contributed by atoms with Crippen LogP contribution in [-0.2, 0) is 0 Å².